The highest BCUT2D eigenvalue weighted by Crippen LogP contribution is 2.22. The summed E-state index contributed by atoms with van der Waals surface area (Å²) in [5.41, 5.74) is 4.48. The number of para-hydroxylation sites is 1. The Morgan fingerprint density at radius 3 is 2.74 bits per heavy atom. The first-order valence-electron chi connectivity index (χ1n) is 7.92. The number of amides is 1. The summed E-state index contributed by atoms with van der Waals surface area (Å²) < 4.78 is 1.34. The van der Waals surface area contributed by atoms with Gasteiger partial charge in [-0.15, -0.1) is 0 Å². The van der Waals surface area contributed by atoms with Gasteiger partial charge in [0.2, 0.25) is 5.95 Å². The Labute approximate surface area is 157 Å². The number of nitro groups is 1. The van der Waals surface area contributed by atoms with Crippen LogP contribution in [0.2, 0.25) is 5.02 Å². The number of carbonyl (C=O) groups is 1. The fourth-order valence-electron chi connectivity index (χ4n) is 2.59. The van der Waals surface area contributed by atoms with Gasteiger partial charge in [0.1, 0.15) is 5.56 Å². The van der Waals surface area contributed by atoms with Crippen LogP contribution < -0.4 is 16.4 Å². The van der Waals surface area contributed by atoms with E-state index >= 15 is 0 Å². The molecular weight excluding hydrogens is 374 g/mol. The van der Waals surface area contributed by atoms with E-state index in [2.05, 4.69) is 15.8 Å². The van der Waals surface area contributed by atoms with Crippen LogP contribution in [0.3, 0.4) is 0 Å². The van der Waals surface area contributed by atoms with E-state index in [1.165, 1.54) is 16.7 Å². The maximum atomic E-state index is 12.5. The lowest BCUT2D eigenvalue weighted by molar-refractivity contribution is -0.385. The SMILES string of the molecule is CCn1c(NNC(=O)c2cc(Cl)ccc2[N+](=O)[O-])nc2ccccc2c1=O. The zero-order valence-corrected chi connectivity index (χ0v) is 14.9. The zero-order valence-electron chi connectivity index (χ0n) is 14.1. The number of rotatable bonds is 5. The van der Waals surface area contributed by atoms with E-state index in [0.717, 1.165) is 6.07 Å². The zero-order chi connectivity index (χ0) is 19.6. The smallest absolute Gasteiger partial charge is 0.277 e. The van der Waals surface area contributed by atoms with Crippen LogP contribution in [-0.2, 0) is 6.54 Å². The molecule has 9 nitrogen and oxygen atoms in total. The van der Waals surface area contributed by atoms with Gasteiger partial charge in [0.05, 0.1) is 15.8 Å². The van der Waals surface area contributed by atoms with Crippen molar-refractivity contribution >= 4 is 40.0 Å². The first kappa shape index (κ1) is 18.3. The Balaban J connectivity index is 1.94. The normalized spacial score (nSPS) is 10.6. The van der Waals surface area contributed by atoms with Crippen LogP contribution >= 0.6 is 11.6 Å². The second-order valence-electron chi connectivity index (χ2n) is 5.50. The summed E-state index contributed by atoms with van der Waals surface area (Å²) in [6.07, 6.45) is 0. The Hall–Kier alpha value is -3.46. The maximum Gasteiger partial charge on any atom is 0.282 e. The molecule has 0 saturated carbocycles. The average Bonchev–Trinajstić information content (AvgIpc) is 2.66. The Morgan fingerprint density at radius 2 is 2.04 bits per heavy atom. The maximum absolute atomic E-state index is 12.5. The van der Waals surface area contributed by atoms with Crippen molar-refractivity contribution in [3.05, 3.63) is 73.5 Å². The Morgan fingerprint density at radius 1 is 1.30 bits per heavy atom. The van der Waals surface area contributed by atoms with Gasteiger partial charge in [0.15, 0.2) is 0 Å². The minimum atomic E-state index is -0.783. The van der Waals surface area contributed by atoms with Crippen LogP contribution in [0.5, 0.6) is 0 Å². The highest BCUT2D eigenvalue weighted by molar-refractivity contribution is 6.31. The average molecular weight is 388 g/mol. The van der Waals surface area contributed by atoms with Crippen molar-refractivity contribution in [2.75, 3.05) is 5.43 Å². The molecule has 1 aromatic heterocycles. The van der Waals surface area contributed by atoms with E-state index in [1.54, 1.807) is 31.2 Å². The third-order valence-corrected chi connectivity index (χ3v) is 4.10. The molecule has 1 amide bonds. The van der Waals surface area contributed by atoms with Gasteiger partial charge in [-0.1, -0.05) is 23.7 Å². The lowest BCUT2D eigenvalue weighted by atomic mass is 10.2. The summed E-state index contributed by atoms with van der Waals surface area (Å²) in [5, 5.41) is 11.7. The lowest BCUT2D eigenvalue weighted by Gasteiger charge is -2.14. The second kappa shape index (κ2) is 7.42. The van der Waals surface area contributed by atoms with E-state index in [0.29, 0.717) is 17.4 Å². The second-order valence-corrected chi connectivity index (χ2v) is 5.94. The van der Waals surface area contributed by atoms with Gasteiger partial charge in [0, 0.05) is 17.6 Å². The predicted molar refractivity (Wildman–Crippen MR) is 101 cm³/mol. The van der Waals surface area contributed by atoms with Crippen molar-refractivity contribution < 1.29 is 9.72 Å². The molecule has 2 N–H and O–H groups in total. The molecule has 0 saturated heterocycles. The van der Waals surface area contributed by atoms with Crippen LogP contribution in [0.4, 0.5) is 11.6 Å². The molecule has 0 spiro atoms. The number of fused-ring (bicyclic) bond motifs is 1. The van der Waals surface area contributed by atoms with Gasteiger partial charge in [-0.2, -0.15) is 0 Å². The third-order valence-electron chi connectivity index (χ3n) is 3.87. The molecule has 10 heteroatoms. The number of nitrogens with zero attached hydrogens (tertiary/aromatic N) is 3. The van der Waals surface area contributed by atoms with Crippen molar-refractivity contribution in [2.24, 2.45) is 0 Å². The van der Waals surface area contributed by atoms with Gasteiger partial charge in [0.25, 0.3) is 17.2 Å². The molecule has 2 aromatic carbocycles. The molecular formula is C17H14ClN5O4. The predicted octanol–water partition coefficient (Wildman–Crippen LogP) is 2.73. The Bertz CT molecular complexity index is 1110. The molecule has 0 radical (unpaired) electrons. The molecule has 1 heterocycles. The Kier molecular flexibility index (Phi) is 5.04. The molecule has 27 heavy (non-hydrogen) atoms. The van der Waals surface area contributed by atoms with Crippen LogP contribution in [-0.4, -0.2) is 20.4 Å². The molecule has 0 aliphatic carbocycles. The number of hydrogen-bond acceptors (Lipinski definition) is 6. The quantitative estimate of drug-likeness (QED) is 0.513. The van der Waals surface area contributed by atoms with Crippen molar-refractivity contribution in [2.45, 2.75) is 13.5 Å². The number of hydrogen-bond donors (Lipinski definition) is 2. The van der Waals surface area contributed by atoms with Crippen molar-refractivity contribution in [1.82, 2.24) is 15.0 Å². The minimum Gasteiger partial charge on any atom is -0.277 e. The minimum absolute atomic E-state index is 0.110. The van der Waals surface area contributed by atoms with Crippen molar-refractivity contribution in [1.29, 1.82) is 0 Å². The number of halogens is 1. The van der Waals surface area contributed by atoms with Gasteiger partial charge < -0.3 is 0 Å². The van der Waals surface area contributed by atoms with Gasteiger partial charge in [-0.05, 0) is 31.2 Å². The summed E-state index contributed by atoms with van der Waals surface area (Å²) in [4.78, 5) is 39.7. The monoisotopic (exact) mass is 387 g/mol. The summed E-state index contributed by atoms with van der Waals surface area (Å²) in [5.74, 6) is -0.673. The van der Waals surface area contributed by atoms with Crippen molar-refractivity contribution in [3.63, 3.8) is 0 Å². The highest BCUT2D eigenvalue weighted by Gasteiger charge is 2.21. The van der Waals surface area contributed by atoms with Crippen LogP contribution in [0, 0.1) is 10.1 Å². The number of hydrazine groups is 1. The van der Waals surface area contributed by atoms with Gasteiger partial charge in [-0.3, -0.25) is 35.1 Å². The highest BCUT2D eigenvalue weighted by atomic mass is 35.5. The number of aromatic nitrogens is 2. The first-order valence-corrected chi connectivity index (χ1v) is 8.30. The van der Waals surface area contributed by atoms with Crippen LogP contribution in [0.15, 0.2) is 47.3 Å². The number of anilines is 1. The first-order chi connectivity index (χ1) is 12.9. The number of nitrogens with one attached hydrogen (secondary N) is 2. The number of benzene rings is 2. The number of nitro benzene ring substituents is 1. The van der Waals surface area contributed by atoms with Gasteiger partial charge >= 0.3 is 0 Å². The van der Waals surface area contributed by atoms with Crippen molar-refractivity contribution in [3.8, 4) is 0 Å². The van der Waals surface area contributed by atoms with Crippen LogP contribution in [0.25, 0.3) is 10.9 Å². The molecule has 0 bridgehead atoms. The summed E-state index contributed by atoms with van der Waals surface area (Å²) in [6, 6.07) is 10.5. The fourth-order valence-corrected chi connectivity index (χ4v) is 2.76. The molecule has 3 aromatic rings. The summed E-state index contributed by atoms with van der Waals surface area (Å²) in [7, 11) is 0. The summed E-state index contributed by atoms with van der Waals surface area (Å²) in [6.45, 7) is 2.07. The molecule has 0 fully saturated rings. The summed E-state index contributed by atoms with van der Waals surface area (Å²) >= 11 is 5.84. The van der Waals surface area contributed by atoms with E-state index < -0.39 is 16.5 Å². The lowest BCUT2D eigenvalue weighted by Crippen LogP contribution is -2.34. The fraction of sp³-hybridized carbons (Fsp3) is 0.118. The molecule has 138 valence electrons. The molecule has 0 unspecified atom stereocenters. The van der Waals surface area contributed by atoms with Gasteiger partial charge in [-0.25, -0.2) is 4.98 Å². The van der Waals surface area contributed by atoms with E-state index in [4.69, 9.17) is 11.6 Å². The molecule has 0 aliphatic rings. The largest absolute Gasteiger partial charge is 0.282 e. The van der Waals surface area contributed by atoms with Crippen LogP contribution in [0.1, 0.15) is 17.3 Å². The topological polar surface area (TPSA) is 119 Å². The van der Waals surface area contributed by atoms with E-state index in [1.807, 2.05) is 0 Å². The molecule has 3 rings (SSSR count). The molecule has 0 atom stereocenters. The standard InChI is InChI=1S/C17H14ClN5O4/c1-2-22-16(25)11-5-3-4-6-13(11)19-17(22)21-20-15(24)12-9-10(18)7-8-14(12)23(26)27/h3-9H,2H2,1H3,(H,19,21)(H,20,24). The number of carbonyl (C=O) groups excluding carboxylic acids is 1. The van der Waals surface area contributed by atoms with E-state index in [9.17, 15) is 19.7 Å². The third kappa shape index (κ3) is 3.58. The molecule has 0 aliphatic heterocycles. The van der Waals surface area contributed by atoms with E-state index in [-0.39, 0.29) is 22.1 Å².